The van der Waals surface area contributed by atoms with E-state index in [1.807, 2.05) is 0 Å². The van der Waals surface area contributed by atoms with Gasteiger partial charge in [-0.05, 0) is 31.4 Å². The molecule has 2 fully saturated rings. The molecule has 0 radical (unpaired) electrons. The maximum Gasteiger partial charge on any atom is 0.308 e. The summed E-state index contributed by atoms with van der Waals surface area (Å²) >= 11 is 0. The number of nitrogens with one attached hydrogen (secondary N) is 1. The number of anilines is 1. The summed E-state index contributed by atoms with van der Waals surface area (Å²) in [6.07, 6.45) is 1.24. The van der Waals surface area contributed by atoms with Crippen molar-refractivity contribution in [1.29, 1.82) is 0 Å². The average Bonchev–Trinajstić information content (AvgIpc) is 2.56. The van der Waals surface area contributed by atoms with Gasteiger partial charge in [0.1, 0.15) is 11.6 Å². The van der Waals surface area contributed by atoms with E-state index in [-0.39, 0.29) is 30.6 Å². The highest BCUT2D eigenvalue weighted by Crippen LogP contribution is 2.33. The van der Waals surface area contributed by atoms with Crippen LogP contribution in [-0.2, 0) is 14.4 Å². The van der Waals surface area contributed by atoms with Gasteiger partial charge in [-0.3, -0.25) is 19.7 Å². The summed E-state index contributed by atoms with van der Waals surface area (Å²) in [6, 6.07) is 2.26. The van der Waals surface area contributed by atoms with Crippen LogP contribution < -0.4 is 10.2 Å². The molecule has 0 aliphatic carbocycles. The predicted molar refractivity (Wildman–Crippen MR) is 84.1 cm³/mol. The van der Waals surface area contributed by atoms with Crippen molar-refractivity contribution in [1.82, 2.24) is 5.32 Å². The van der Waals surface area contributed by atoms with Crippen molar-refractivity contribution < 1.29 is 28.3 Å². The Morgan fingerprint density at radius 3 is 2.48 bits per heavy atom. The Kier molecular flexibility index (Phi) is 4.69. The minimum absolute atomic E-state index is 0.0312. The number of carbonyl (C=O) groups is 3. The van der Waals surface area contributed by atoms with Gasteiger partial charge in [-0.1, -0.05) is 0 Å². The summed E-state index contributed by atoms with van der Waals surface area (Å²) in [6.45, 7) is 0.701. The summed E-state index contributed by atoms with van der Waals surface area (Å²) < 4.78 is 29.1. The van der Waals surface area contributed by atoms with E-state index >= 15 is 0 Å². The number of carboxylic acids is 1. The number of hydrogen-bond donors (Lipinski definition) is 2. The normalized spacial score (nSPS) is 24.2. The number of halogens is 2. The van der Waals surface area contributed by atoms with Crippen molar-refractivity contribution in [2.24, 2.45) is 5.92 Å². The van der Waals surface area contributed by atoms with Gasteiger partial charge in [-0.25, -0.2) is 8.78 Å². The Morgan fingerprint density at radius 2 is 1.88 bits per heavy atom. The zero-order valence-electron chi connectivity index (χ0n) is 13.4. The van der Waals surface area contributed by atoms with Crippen LogP contribution in [-0.4, -0.2) is 36.0 Å². The van der Waals surface area contributed by atoms with E-state index in [0.717, 1.165) is 12.1 Å². The number of hydrogen-bond acceptors (Lipinski definition) is 4. The van der Waals surface area contributed by atoms with Crippen molar-refractivity contribution in [2.45, 2.75) is 31.6 Å². The molecular weight excluding hydrogens is 334 g/mol. The molecule has 0 spiro atoms. The van der Waals surface area contributed by atoms with Gasteiger partial charge in [-0.2, -0.15) is 0 Å². The van der Waals surface area contributed by atoms with Crippen molar-refractivity contribution in [3.05, 3.63) is 29.3 Å². The van der Waals surface area contributed by atoms with Crippen molar-refractivity contribution >= 4 is 23.5 Å². The number of benzene rings is 1. The molecule has 1 aromatic rings. The van der Waals surface area contributed by atoms with Gasteiger partial charge >= 0.3 is 5.97 Å². The Labute approximate surface area is 142 Å². The van der Waals surface area contributed by atoms with Crippen LogP contribution in [0.3, 0.4) is 0 Å². The lowest BCUT2D eigenvalue weighted by molar-refractivity contribution is -0.142. The Balaban J connectivity index is 1.86. The van der Waals surface area contributed by atoms with Gasteiger partial charge in [0.05, 0.1) is 11.8 Å². The number of carboxylic acid groups (broad SMARTS) is 1. The van der Waals surface area contributed by atoms with E-state index in [1.165, 1.54) is 0 Å². The first-order valence-corrected chi connectivity index (χ1v) is 8.17. The predicted octanol–water partition coefficient (Wildman–Crippen LogP) is 1.79. The first-order valence-electron chi connectivity index (χ1n) is 8.17. The van der Waals surface area contributed by atoms with E-state index in [1.54, 1.807) is 4.90 Å². The molecular formula is C17H18F2N2O4. The van der Waals surface area contributed by atoms with Crippen LogP contribution in [0.25, 0.3) is 0 Å². The van der Waals surface area contributed by atoms with Crippen LogP contribution >= 0.6 is 0 Å². The van der Waals surface area contributed by atoms with Crippen LogP contribution in [0.15, 0.2) is 12.1 Å². The van der Waals surface area contributed by atoms with Crippen LogP contribution in [0.4, 0.5) is 14.5 Å². The molecule has 6 nitrogen and oxygen atoms in total. The monoisotopic (exact) mass is 352 g/mol. The molecule has 25 heavy (non-hydrogen) atoms. The molecule has 0 aromatic heterocycles. The molecule has 2 aliphatic rings. The first-order chi connectivity index (χ1) is 11.9. The minimum Gasteiger partial charge on any atom is -0.481 e. The van der Waals surface area contributed by atoms with Crippen molar-refractivity contribution in [3.8, 4) is 0 Å². The molecule has 2 amide bonds. The third-order valence-corrected chi connectivity index (χ3v) is 4.79. The van der Waals surface area contributed by atoms with E-state index in [4.69, 9.17) is 5.11 Å². The first kappa shape index (κ1) is 17.3. The van der Waals surface area contributed by atoms with Gasteiger partial charge in [0.2, 0.25) is 11.8 Å². The highest BCUT2D eigenvalue weighted by molar-refractivity contribution is 6.01. The quantitative estimate of drug-likeness (QED) is 0.810. The van der Waals surface area contributed by atoms with E-state index in [2.05, 4.69) is 5.32 Å². The zero-order chi connectivity index (χ0) is 18.1. The number of piperidine rings is 2. The van der Waals surface area contributed by atoms with Crippen LogP contribution in [0, 0.1) is 17.6 Å². The molecule has 134 valence electrons. The number of rotatable bonds is 3. The molecule has 2 aliphatic heterocycles. The topological polar surface area (TPSA) is 86.7 Å². The number of carbonyl (C=O) groups excluding carboxylic acids is 2. The second kappa shape index (κ2) is 6.78. The molecule has 1 unspecified atom stereocenters. The zero-order valence-corrected chi connectivity index (χ0v) is 13.4. The molecule has 8 heteroatoms. The number of aliphatic carboxylic acids is 1. The Bertz CT molecular complexity index is 714. The molecule has 2 N–H and O–H groups in total. The van der Waals surface area contributed by atoms with Crippen LogP contribution in [0.1, 0.15) is 37.2 Å². The van der Waals surface area contributed by atoms with E-state index in [0.29, 0.717) is 19.4 Å². The lowest BCUT2D eigenvalue weighted by atomic mass is 9.89. The molecule has 0 saturated carbocycles. The summed E-state index contributed by atoms with van der Waals surface area (Å²) in [4.78, 5) is 35.8. The maximum atomic E-state index is 14.5. The fourth-order valence-corrected chi connectivity index (χ4v) is 3.47. The summed E-state index contributed by atoms with van der Waals surface area (Å²) in [5.74, 6) is -5.42. The third kappa shape index (κ3) is 3.47. The standard InChI is InChI=1S/C17H18F2N2O4/c18-12-6-10(21-5-1-2-9(8-21)17(24)25)7-13(19)15(12)11-3-4-14(22)20-16(11)23/h6-7,9,11H,1-5,8H2,(H,24,25)(H,20,22,23)/t9-,11?/m0/s1. The van der Waals surface area contributed by atoms with Gasteiger partial charge in [0.15, 0.2) is 0 Å². The van der Waals surface area contributed by atoms with E-state index < -0.39 is 41.3 Å². The van der Waals surface area contributed by atoms with Crippen molar-refractivity contribution in [2.75, 3.05) is 18.0 Å². The summed E-state index contributed by atoms with van der Waals surface area (Å²) in [7, 11) is 0. The fraction of sp³-hybridized carbons (Fsp3) is 0.471. The smallest absolute Gasteiger partial charge is 0.308 e. The number of nitrogens with zero attached hydrogens (tertiary/aromatic N) is 1. The second-order valence-corrected chi connectivity index (χ2v) is 6.45. The van der Waals surface area contributed by atoms with Crippen LogP contribution in [0.2, 0.25) is 0 Å². The van der Waals surface area contributed by atoms with Crippen LogP contribution in [0.5, 0.6) is 0 Å². The fourth-order valence-electron chi connectivity index (χ4n) is 3.47. The summed E-state index contributed by atoms with van der Waals surface area (Å²) in [5.41, 5.74) is -0.0856. The molecule has 0 bridgehead atoms. The lowest BCUT2D eigenvalue weighted by Gasteiger charge is -2.33. The van der Waals surface area contributed by atoms with Gasteiger partial charge in [0.25, 0.3) is 0 Å². The van der Waals surface area contributed by atoms with Crippen molar-refractivity contribution in [3.63, 3.8) is 0 Å². The minimum atomic E-state index is -1.04. The highest BCUT2D eigenvalue weighted by Gasteiger charge is 2.33. The Hall–Kier alpha value is -2.51. The molecule has 2 heterocycles. The molecule has 1 aromatic carbocycles. The second-order valence-electron chi connectivity index (χ2n) is 6.45. The lowest BCUT2D eigenvalue weighted by Crippen LogP contribution is -2.40. The highest BCUT2D eigenvalue weighted by atomic mass is 19.1. The third-order valence-electron chi connectivity index (χ3n) is 4.79. The SMILES string of the molecule is O=C1CCC(c2c(F)cc(N3CCC[C@H](C(=O)O)C3)cc2F)C(=O)N1. The molecule has 3 rings (SSSR count). The van der Waals surface area contributed by atoms with E-state index in [9.17, 15) is 23.2 Å². The van der Waals surface area contributed by atoms with Gasteiger partial charge in [0, 0.05) is 30.8 Å². The maximum absolute atomic E-state index is 14.5. The largest absolute Gasteiger partial charge is 0.481 e. The average molecular weight is 352 g/mol. The summed E-state index contributed by atoms with van der Waals surface area (Å²) in [5, 5.41) is 11.2. The molecule has 2 saturated heterocycles. The Morgan fingerprint density at radius 1 is 1.20 bits per heavy atom. The molecule has 2 atom stereocenters. The van der Waals surface area contributed by atoms with Gasteiger partial charge < -0.3 is 10.0 Å². The number of amides is 2. The van der Waals surface area contributed by atoms with Gasteiger partial charge in [-0.15, -0.1) is 0 Å². The number of imide groups is 1.